The molecule has 0 radical (unpaired) electrons. The minimum absolute atomic E-state index is 0.0229. The third-order valence-electron chi connectivity index (χ3n) is 2.93. The van der Waals surface area contributed by atoms with Crippen LogP contribution in [0.1, 0.15) is 29.9 Å². The summed E-state index contributed by atoms with van der Waals surface area (Å²) < 4.78 is 43.2. The third kappa shape index (κ3) is 5.28. The number of esters is 1. The standard InChI is InChI=1S/C16H15F3N2O3S/c1-9(2)24-13(22)7-20-14(23)12-8-25-15(21-12)10-4-3-5-11(6-10)16(17,18)19/h3-6,8-9H,7H2,1-2H3,(H,20,23). The summed E-state index contributed by atoms with van der Waals surface area (Å²) in [5.74, 6) is -1.19. The summed E-state index contributed by atoms with van der Waals surface area (Å²) >= 11 is 1.04. The van der Waals surface area contributed by atoms with Crippen molar-refractivity contribution >= 4 is 23.2 Å². The Bertz CT molecular complexity index is 772. The lowest BCUT2D eigenvalue weighted by Crippen LogP contribution is -2.31. The molecule has 0 unspecified atom stereocenters. The molecule has 1 aromatic carbocycles. The van der Waals surface area contributed by atoms with Gasteiger partial charge in [0.15, 0.2) is 0 Å². The Labute approximate surface area is 145 Å². The van der Waals surface area contributed by atoms with Crippen molar-refractivity contribution in [1.82, 2.24) is 10.3 Å². The highest BCUT2D eigenvalue weighted by Gasteiger charge is 2.30. The van der Waals surface area contributed by atoms with Gasteiger partial charge in [-0.25, -0.2) is 4.98 Å². The number of carbonyl (C=O) groups excluding carboxylic acids is 2. The lowest BCUT2D eigenvalue weighted by Gasteiger charge is -2.08. The molecule has 1 N–H and O–H groups in total. The average molecular weight is 372 g/mol. The quantitative estimate of drug-likeness (QED) is 0.816. The molecule has 0 aliphatic carbocycles. The van der Waals surface area contributed by atoms with Crippen LogP contribution in [0.15, 0.2) is 29.6 Å². The molecule has 134 valence electrons. The van der Waals surface area contributed by atoms with E-state index in [1.54, 1.807) is 13.8 Å². The van der Waals surface area contributed by atoms with Gasteiger partial charge >= 0.3 is 12.1 Å². The first-order chi connectivity index (χ1) is 11.7. The number of nitrogens with one attached hydrogen (secondary N) is 1. The van der Waals surface area contributed by atoms with Crippen molar-refractivity contribution in [3.05, 3.63) is 40.9 Å². The number of halogens is 3. The molecule has 0 saturated heterocycles. The number of nitrogens with zero attached hydrogens (tertiary/aromatic N) is 1. The van der Waals surface area contributed by atoms with Crippen molar-refractivity contribution in [3.8, 4) is 10.6 Å². The number of amides is 1. The highest BCUT2D eigenvalue weighted by Crippen LogP contribution is 2.33. The van der Waals surface area contributed by atoms with Crippen LogP contribution in [0.2, 0.25) is 0 Å². The number of hydrogen-bond donors (Lipinski definition) is 1. The molecule has 0 saturated carbocycles. The van der Waals surface area contributed by atoms with Gasteiger partial charge in [0, 0.05) is 10.9 Å². The number of alkyl halides is 3. The molecule has 1 amide bonds. The zero-order valence-electron chi connectivity index (χ0n) is 13.4. The zero-order chi connectivity index (χ0) is 18.6. The molecule has 2 rings (SSSR count). The van der Waals surface area contributed by atoms with Crippen molar-refractivity contribution in [2.75, 3.05) is 6.54 Å². The van der Waals surface area contributed by atoms with E-state index in [9.17, 15) is 22.8 Å². The fourth-order valence-corrected chi connectivity index (χ4v) is 2.68. The van der Waals surface area contributed by atoms with E-state index < -0.39 is 23.6 Å². The Hall–Kier alpha value is -2.42. The van der Waals surface area contributed by atoms with Crippen molar-refractivity contribution < 1.29 is 27.5 Å². The Morgan fingerprint density at radius 3 is 2.68 bits per heavy atom. The van der Waals surface area contributed by atoms with Crippen LogP contribution in [0.5, 0.6) is 0 Å². The van der Waals surface area contributed by atoms with E-state index in [2.05, 4.69) is 10.3 Å². The second-order valence-electron chi connectivity index (χ2n) is 5.34. The predicted molar refractivity (Wildman–Crippen MR) is 86.1 cm³/mol. The van der Waals surface area contributed by atoms with E-state index in [-0.39, 0.29) is 28.9 Å². The minimum atomic E-state index is -4.45. The third-order valence-corrected chi connectivity index (χ3v) is 3.83. The second kappa shape index (κ2) is 7.64. The van der Waals surface area contributed by atoms with Gasteiger partial charge in [-0.15, -0.1) is 11.3 Å². The monoisotopic (exact) mass is 372 g/mol. The van der Waals surface area contributed by atoms with E-state index in [0.717, 1.165) is 23.5 Å². The molecule has 1 aromatic heterocycles. The minimum Gasteiger partial charge on any atom is -0.462 e. The van der Waals surface area contributed by atoms with Crippen LogP contribution in [-0.2, 0) is 15.7 Å². The highest BCUT2D eigenvalue weighted by atomic mass is 32.1. The van der Waals surface area contributed by atoms with Gasteiger partial charge in [0.05, 0.1) is 11.7 Å². The molecule has 0 spiro atoms. The van der Waals surface area contributed by atoms with Gasteiger partial charge in [-0.2, -0.15) is 13.2 Å². The largest absolute Gasteiger partial charge is 0.462 e. The zero-order valence-corrected chi connectivity index (χ0v) is 14.2. The molecule has 0 aliphatic rings. The number of thiazole rings is 1. The summed E-state index contributed by atoms with van der Waals surface area (Å²) in [5.41, 5.74) is -0.504. The van der Waals surface area contributed by atoms with Crippen molar-refractivity contribution in [2.45, 2.75) is 26.1 Å². The SMILES string of the molecule is CC(C)OC(=O)CNC(=O)c1csc(-c2cccc(C(F)(F)F)c2)n1. The first-order valence-corrected chi connectivity index (χ1v) is 8.15. The molecule has 5 nitrogen and oxygen atoms in total. The summed E-state index contributed by atoms with van der Waals surface area (Å²) in [5, 5.41) is 4.05. The maximum atomic E-state index is 12.8. The normalized spacial score (nSPS) is 11.4. The van der Waals surface area contributed by atoms with E-state index in [0.29, 0.717) is 0 Å². The summed E-state index contributed by atoms with van der Waals surface area (Å²) in [6.45, 7) is 3.05. The van der Waals surface area contributed by atoms with Crippen LogP contribution < -0.4 is 5.32 Å². The fraction of sp³-hybridized carbons (Fsp3) is 0.312. The lowest BCUT2D eigenvalue weighted by molar-refractivity contribution is -0.146. The van der Waals surface area contributed by atoms with Gasteiger partial charge in [-0.1, -0.05) is 12.1 Å². The first-order valence-electron chi connectivity index (χ1n) is 7.27. The Balaban J connectivity index is 2.07. The van der Waals surface area contributed by atoms with E-state index >= 15 is 0 Å². The van der Waals surface area contributed by atoms with Gasteiger partial charge < -0.3 is 10.1 Å². The topological polar surface area (TPSA) is 68.3 Å². The molecule has 0 atom stereocenters. The van der Waals surface area contributed by atoms with Gasteiger partial charge in [-0.3, -0.25) is 9.59 Å². The molecule has 1 heterocycles. The van der Waals surface area contributed by atoms with Crippen LogP contribution >= 0.6 is 11.3 Å². The summed E-state index contributed by atoms with van der Waals surface area (Å²) in [6.07, 6.45) is -4.75. The summed E-state index contributed by atoms with van der Waals surface area (Å²) in [6, 6.07) is 4.70. The number of rotatable bonds is 5. The summed E-state index contributed by atoms with van der Waals surface area (Å²) in [7, 11) is 0. The molecular formula is C16H15F3N2O3S. The van der Waals surface area contributed by atoms with E-state index in [1.165, 1.54) is 17.5 Å². The molecule has 2 aromatic rings. The van der Waals surface area contributed by atoms with Crippen LogP contribution in [0.25, 0.3) is 10.6 Å². The predicted octanol–water partition coefficient (Wildman–Crippen LogP) is 3.51. The molecule has 9 heteroatoms. The molecule has 0 bridgehead atoms. The van der Waals surface area contributed by atoms with Crippen LogP contribution in [0.4, 0.5) is 13.2 Å². The van der Waals surface area contributed by atoms with Crippen molar-refractivity contribution in [2.24, 2.45) is 0 Å². The lowest BCUT2D eigenvalue weighted by atomic mass is 10.1. The second-order valence-corrected chi connectivity index (χ2v) is 6.20. The smallest absolute Gasteiger partial charge is 0.416 e. The van der Waals surface area contributed by atoms with Crippen molar-refractivity contribution in [3.63, 3.8) is 0 Å². The Morgan fingerprint density at radius 2 is 2.04 bits per heavy atom. The fourth-order valence-electron chi connectivity index (χ4n) is 1.89. The number of hydrogen-bond acceptors (Lipinski definition) is 5. The van der Waals surface area contributed by atoms with Crippen LogP contribution in [-0.4, -0.2) is 29.5 Å². The highest BCUT2D eigenvalue weighted by molar-refractivity contribution is 7.13. The average Bonchev–Trinajstić information content (AvgIpc) is 3.01. The van der Waals surface area contributed by atoms with Gasteiger partial charge in [0.25, 0.3) is 5.91 Å². The summed E-state index contributed by atoms with van der Waals surface area (Å²) in [4.78, 5) is 27.4. The van der Waals surface area contributed by atoms with Gasteiger partial charge in [-0.05, 0) is 26.0 Å². The van der Waals surface area contributed by atoms with Crippen LogP contribution in [0.3, 0.4) is 0 Å². The number of benzene rings is 1. The van der Waals surface area contributed by atoms with E-state index in [1.807, 2.05) is 0 Å². The number of carbonyl (C=O) groups is 2. The van der Waals surface area contributed by atoms with Crippen LogP contribution in [0, 0.1) is 0 Å². The molecule has 25 heavy (non-hydrogen) atoms. The molecule has 0 fully saturated rings. The van der Waals surface area contributed by atoms with Gasteiger partial charge in [0.1, 0.15) is 17.2 Å². The van der Waals surface area contributed by atoms with Crippen molar-refractivity contribution in [1.29, 1.82) is 0 Å². The first kappa shape index (κ1) is 18.9. The Kier molecular flexibility index (Phi) is 5.78. The number of ether oxygens (including phenoxy) is 1. The Morgan fingerprint density at radius 1 is 1.32 bits per heavy atom. The molecule has 0 aliphatic heterocycles. The molecular weight excluding hydrogens is 357 g/mol. The number of aromatic nitrogens is 1. The van der Waals surface area contributed by atoms with Gasteiger partial charge in [0.2, 0.25) is 0 Å². The maximum Gasteiger partial charge on any atom is 0.416 e. The maximum absolute atomic E-state index is 12.8. The van der Waals surface area contributed by atoms with E-state index in [4.69, 9.17) is 4.74 Å².